The lowest BCUT2D eigenvalue weighted by Gasteiger charge is -2.21. The second-order valence-corrected chi connectivity index (χ2v) is 6.58. The third-order valence-electron chi connectivity index (χ3n) is 4.83. The van der Waals surface area contributed by atoms with Crippen molar-refractivity contribution in [3.8, 4) is 0 Å². The molecule has 2 fully saturated rings. The number of hydrogen-bond donors (Lipinski definition) is 2. The topological polar surface area (TPSA) is 76.7 Å². The molecular formula is C18H24N2O4. The lowest BCUT2D eigenvalue weighted by Crippen LogP contribution is -2.40. The maximum Gasteiger partial charge on any atom is 0.313 e. The zero-order chi connectivity index (χ0) is 17.2. The highest BCUT2D eigenvalue weighted by atomic mass is 16.7. The van der Waals surface area contributed by atoms with Crippen LogP contribution >= 0.6 is 0 Å². The van der Waals surface area contributed by atoms with Crippen molar-refractivity contribution in [3.63, 3.8) is 0 Å². The fourth-order valence-corrected chi connectivity index (χ4v) is 3.25. The van der Waals surface area contributed by atoms with Gasteiger partial charge in [-0.25, -0.2) is 0 Å². The van der Waals surface area contributed by atoms with E-state index in [1.807, 2.05) is 26.0 Å². The summed E-state index contributed by atoms with van der Waals surface area (Å²) in [4.78, 5) is 24.0. The number of benzene rings is 1. The molecule has 1 saturated carbocycles. The van der Waals surface area contributed by atoms with E-state index in [1.165, 1.54) is 0 Å². The van der Waals surface area contributed by atoms with Crippen molar-refractivity contribution in [1.82, 2.24) is 5.32 Å². The summed E-state index contributed by atoms with van der Waals surface area (Å²) in [6, 6.07) is 5.59. The molecule has 6 heteroatoms. The molecule has 2 amide bonds. The van der Waals surface area contributed by atoms with Gasteiger partial charge in [0, 0.05) is 25.1 Å². The fourth-order valence-electron chi connectivity index (χ4n) is 3.25. The van der Waals surface area contributed by atoms with Gasteiger partial charge in [-0.15, -0.1) is 0 Å². The summed E-state index contributed by atoms with van der Waals surface area (Å²) in [7, 11) is 0. The van der Waals surface area contributed by atoms with Crippen LogP contribution < -0.4 is 10.6 Å². The fraction of sp³-hybridized carbons (Fsp3) is 0.556. The number of hydrogen-bond acceptors (Lipinski definition) is 4. The first-order valence-electron chi connectivity index (χ1n) is 8.46. The second-order valence-electron chi connectivity index (χ2n) is 6.58. The minimum Gasteiger partial charge on any atom is -0.347 e. The molecule has 0 unspecified atom stereocenters. The van der Waals surface area contributed by atoms with Gasteiger partial charge in [-0.05, 0) is 43.9 Å². The molecule has 1 aromatic carbocycles. The summed E-state index contributed by atoms with van der Waals surface area (Å²) >= 11 is 0. The van der Waals surface area contributed by atoms with Crippen LogP contribution in [0.15, 0.2) is 18.2 Å². The Morgan fingerprint density at radius 1 is 1.21 bits per heavy atom. The largest absolute Gasteiger partial charge is 0.347 e. The molecule has 1 aliphatic carbocycles. The monoisotopic (exact) mass is 332 g/mol. The number of carbonyl (C=O) groups excluding carboxylic acids is 2. The van der Waals surface area contributed by atoms with Crippen LogP contribution in [0.3, 0.4) is 0 Å². The quantitative estimate of drug-likeness (QED) is 0.831. The summed E-state index contributed by atoms with van der Waals surface area (Å²) in [5, 5.41) is 5.28. The highest BCUT2D eigenvalue weighted by molar-refractivity contribution is 6.39. The minimum absolute atomic E-state index is 0.194. The molecule has 1 saturated heterocycles. The van der Waals surface area contributed by atoms with Crippen LogP contribution in [0, 0.1) is 13.8 Å². The lowest BCUT2D eigenvalue weighted by molar-refractivity contribution is -0.161. The van der Waals surface area contributed by atoms with E-state index >= 15 is 0 Å². The van der Waals surface area contributed by atoms with Crippen molar-refractivity contribution in [2.45, 2.75) is 51.4 Å². The maximum atomic E-state index is 12.0. The van der Waals surface area contributed by atoms with E-state index in [0.717, 1.165) is 36.8 Å². The third kappa shape index (κ3) is 3.60. The molecule has 3 rings (SSSR count). The minimum atomic E-state index is -0.668. The highest BCUT2D eigenvalue weighted by Crippen LogP contribution is 2.38. The van der Waals surface area contributed by atoms with E-state index in [1.54, 1.807) is 6.07 Å². The third-order valence-corrected chi connectivity index (χ3v) is 4.83. The van der Waals surface area contributed by atoms with Crippen LogP contribution in [0.4, 0.5) is 5.69 Å². The zero-order valence-corrected chi connectivity index (χ0v) is 14.2. The summed E-state index contributed by atoms with van der Waals surface area (Å²) in [6.45, 7) is 4.61. The number of amides is 2. The molecule has 0 radical (unpaired) electrons. The van der Waals surface area contributed by atoms with E-state index in [4.69, 9.17) is 9.47 Å². The number of carbonyl (C=O) groups is 2. The number of ether oxygens (including phenoxy) is 2. The Balaban J connectivity index is 1.48. The van der Waals surface area contributed by atoms with Crippen molar-refractivity contribution in [2.75, 3.05) is 18.5 Å². The molecule has 0 aromatic heterocycles. The summed E-state index contributed by atoms with van der Waals surface area (Å²) in [5.74, 6) is -1.78. The molecule has 130 valence electrons. The molecule has 24 heavy (non-hydrogen) atoms. The first kappa shape index (κ1) is 16.9. The van der Waals surface area contributed by atoms with Gasteiger partial charge in [0.05, 0.1) is 6.61 Å². The first-order valence-corrected chi connectivity index (χ1v) is 8.46. The van der Waals surface area contributed by atoms with E-state index in [-0.39, 0.29) is 12.6 Å². The van der Waals surface area contributed by atoms with Crippen LogP contribution in [0.5, 0.6) is 0 Å². The molecule has 1 aromatic rings. The average molecular weight is 332 g/mol. The van der Waals surface area contributed by atoms with Gasteiger partial charge in [0.15, 0.2) is 5.79 Å². The first-order chi connectivity index (χ1) is 11.5. The molecule has 2 aliphatic rings. The lowest BCUT2D eigenvalue weighted by atomic mass is 10.1. The zero-order valence-electron chi connectivity index (χ0n) is 14.2. The molecule has 0 bridgehead atoms. The van der Waals surface area contributed by atoms with Gasteiger partial charge in [0.2, 0.25) is 0 Å². The van der Waals surface area contributed by atoms with E-state index in [9.17, 15) is 9.59 Å². The molecule has 1 aliphatic heterocycles. The second kappa shape index (κ2) is 6.91. The van der Waals surface area contributed by atoms with Gasteiger partial charge in [0.25, 0.3) is 0 Å². The van der Waals surface area contributed by atoms with Crippen LogP contribution in [-0.2, 0) is 19.1 Å². The van der Waals surface area contributed by atoms with E-state index < -0.39 is 17.6 Å². The molecular weight excluding hydrogens is 308 g/mol. The van der Waals surface area contributed by atoms with Gasteiger partial charge in [-0.1, -0.05) is 12.1 Å². The van der Waals surface area contributed by atoms with Gasteiger partial charge in [-0.3, -0.25) is 9.59 Å². The average Bonchev–Trinajstić information content (AvgIpc) is 3.19. The Morgan fingerprint density at radius 2 is 1.96 bits per heavy atom. The van der Waals surface area contributed by atoms with Crippen LogP contribution in [-0.4, -0.2) is 36.9 Å². The van der Waals surface area contributed by atoms with Crippen molar-refractivity contribution >= 4 is 17.5 Å². The van der Waals surface area contributed by atoms with Crippen molar-refractivity contribution in [2.24, 2.45) is 0 Å². The van der Waals surface area contributed by atoms with Crippen LogP contribution in [0.2, 0.25) is 0 Å². The smallest absolute Gasteiger partial charge is 0.313 e. The molecule has 6 nitrogen and oxygen atoms in total. The molecule has 2 N–H and O–H groups in total. The SMILES string of the molecule is Cc1cccc(NC(=O)C(=O)NC[C@@H]2COC3(CCCC3)O2)c1C. The maximum absolute atomic E-state index is 12.0. The van der Waals surface area contributed by atoms with E-state index in [0.29, 0.717) is 12.3 Å². The summed E-state index contributed by atoms with van der Waals surface area (Å²) in [6.07, 6.45) is 3.84. The molecule has 1 heterocycles. The highest BCUT2D eigenvalue weighted by Gasteiger charge is 2.43. The standard InChI is InChI=1S/C18H24N2O4/c1-12-6-5-7-15(13(12)2)20-17(22)16(21)19-10-14-11-23-18(24-14)8-3-4-9-18/h5-7,14H,3-4,8-11H2,1-2H3,(H,19,21)(H,20,22)/t14-/m1/s1. The van der Waals surface area contributed by atoms with Gasteiger partial charge in [-0.2, -0.15) is 0 Å². The van der Waals surface area contributed by atoms with Crippen LogP contribution in [0.25, 0.3) is 0 Å². The van der Waals surface area contributed by atoms with Crippen LogP contribution in [0.1, 0.15) is 36.8 Å². The normalized spacial score (nSPS) is 21.8. The van der Waals surface area contributed by atoms with E-state index in [2.05, 4.69) is 10.6 Å². The molecule has 1 spiro atoms. The van der Waals surface area contributed by atoms with Gasteiger partial charge < -0.3 is 20.1 Å². The van der Waals surface area contributed by atoms with Crippen molar-refractivity contribution in [1.29, 1.82) is 0 Å². The Labute approximate surface area is 141 Å². The number of rotatable bonds is 3. The predicted molar refractivity (Wildman–Crippen MR) is 89.6 cm³/mol. The Morgan fingerprint density at radius 3 is 2.71 bits per heavy atom. The van der Waals surface area contributed by atoms with Crippen molar-refractivity contribution < 1.29 is 19.1 Å². The van der Waals surface area contributed by atoms with Crippen molar-refractivity contribution in [3.05, 3.63) is 29.3 Å². The predicted octanol–water partition coefficient (Wildman–Crippen LogP) is 2.04. The number of anilines is 1. The Bertz CT molecular complexity index is 638. The number of aryl methyl sites for hydroxylation is 1. The Hall–Kier alpha value is -1.92. The number of nitrogens with one attached hydrogen (secondary N) is 2. The summed E-state index contributed by atoms with van der Waals surface area (Å²) in [5.41, 5.74) is 2.67. The Kier molecular flexibility index (Phi) is 4.87. The van der Waals surface area contributed by atoms with Gasteiger partial charge >= 0.3 is 11.8 Å². The van der Waals surface area contributed by atoms with Gasteiger partial charge in [0.1, 0.15) is 6.10 Å². The molecule has 1 atom stereocenters. The summed E-state index contributed by atoms with van der Waals surface area (Å²) < 4.78 is 11.7.